The van der Waals surface area contributed by atoms with Gasteiger partial charge in [0, 0.05) is 17.0 Å². The fourth-order valence-corrected chi connectivity index (χ4v) is 4.73. The highest BCUT2D eigenvalue weighted by molar-refractivity contribution is 7.99. The minimum atomic E-state index is 0.324. The molecule has 2 aliphatic rings. The van der Waals surface area contributed by atoms with Crippen molar-refractivity contribution in [3.8, 4) is 0 Å². The van der Waals surface area contributed by atoms with Crippen molar-refractivity contribution in [2.45, 2.75) is 62.7 Å². The lowest BCUT2D eigenvalue weighted by Crippen LogP contribution is -2.26. The molecule has 2 heteroatoms. The highest BCUT2D eigenvalue weighted by Crippen LogP contribution is 2.30. The minimum absolute atomic E-state index is 0.324. The third-order valence-corrected chi connectivity index (χ3v) is 6.07. The molecule has 1 aromatic rings. The normalized spacial score (nSPS) is 20.7. The molecule has 2 N–H and O–H groups in total. The van der Waals surface area contributed by atoms with E-state index < -0.39 is 0 Å². The number of rotatable bonds is 5. The van der Waals surface area contributed by atoms with E-state index in [4.69, 9.17) is 5.73 Å². The Balaban J connectivity index is 1.49. The Morgan fingerprint density at radius 3 is 2.74 bits per heavy atom. The Bertz CT molecular complexity index is 423. The molecule has 0 bridgehead atoms. The lowest BCUT2D eigenvalue weighted by molar-refractivity contribution is 0.744. The van der Waals surface area contributed by atoms with Gasteiger partial charge in [-0.15, -0.1) is 0 Å². The van der Waals surface area contributed by atoms with Crippen LogP contribution in [-0.4, -0.2) is 17.0 Å². The summed E-state index contributed by atoms with van der Waals surface area (Å²) in [6.07, 6.45) is 10.6. The van der Waals surface area contributed by atoms with E-state index in [1.54, 1.807) is 11.1 Å². The van der Waals surface area contributed by atoms with E-state index in [1.807, 2.05) is 0 Å². The number of nitrogens with two attached hydrogens (primary N) is 1. The molecule has 0 heterocycles. The smallest absolute Gasteiger partial charge is 0.0171 e. The average Bonchev–Trinajstić information content (AvgIpc) is 3.07. The van der Waals surface area contributed by atoms with Crippen molar-refractivity contribution in [3.63, 3.8) is 0 Å². The van der Waals surface area contributed by atoms with Gasteiger partial charge in [-0.05, 0) is 55.2 Å². The van der Waals surface area contributed by atoms with Crippen molar-refractivity contribution in [1.29, 1.82) is 0 Å². The first-order chi connectivity index (χ1) is 9.31. The van der Waals surface area contributed by atoms with Gasteiger partial charge in [-0.1, -0.05) is 31.0 Å². The van der Waals surface area contributed by atoms with Crippen LogP contribution in [0.4, 0.5) is 0 Å². The van der Waals surface area contributed by atoms with Gasteiger partial charge in [0.1, 0.15) is 0 Å². The van der Waals surface area contributed by atoms with Crippen molar-refractivity contribution in [1.82, 2.24) is 0 Å². The number of hydrogen-bond donors (Lipinski definition) is 1. The number of benzene rings is 1. The topological polar surface area (TPSA) is 26.0 Å². The van der Waals surface area contributed by atoms with Crippen LogP contribution in [0.3, 0.4) is 0 Å². The number of aryl methyl sites for hydroxylation is 2. The maximum Gasteiger partial charge on any atom is 0.0171 e. The van der Waals surface area contributed by atoms with E-state index in [-0.39, 0.29) is 0 Å². The minimum Gasteiger partial charge on any atom is -0.327 e. The molecule has 104 valence electrons. The van der Waals surface area contributed by atoms with E-state index >= 15 is 0 Å². The summed E-state index contributed by atoms with van der Waals surface area (Å²) in [6, 6.07) is 7.35. The van der Waals surface area contributed by atoms with Gasteiger partial charge in [0.2, 0.25) is 0 Å². The van der Waals surface area contributed by atoms with Crippen LogP contribution >= 0.6 is 11.8 Å². The lowest BCUT2D eigenvalue weighted by atomic mass is 10.0. The molecule has 3 rings (SSSR count). The van der Waals surface area contributed by atoms with Crippen LogP contribution in [-0.2, 0) is 19.3 Å². The summed E-state index contributed by atoms with van der Waals surface area (Å²) < 4.78 is 0. The van der Waals surface area contributed by atoms with Crippen LogP contribution in [0.1, 0.15) is 48.8 Å². The molecule has 1 saturated carbocycles. The van der Waals surface area contributed by atoms with Gasteiger partial charge in [-0.3, -0.25) is 0 Å². The van der Waals surface area contributed by atoms with E-state index in [0.29, 0.717) is 6.04 Å². The van der Waals surface area contributed by atoms with E-state index in [9.17, 15) is 0 Å². The van der Waals surface area contributed by atoms with Gasteiger partial charge in [0.25, 0.3) is 0 Å². The van der Waals surface area contributed by atoms with Crippen LogP contribution in [0.2, 0.25) is 0 Å². The first-order valence-corrected chi connectivity index (χ1v) is 8.84. The Morgan fingerprint density at radius 2 is 1.89 bits per heavy atom. The average molecular weight is 275 g/mol. The zero-order chi connectivity index (χ0) is 13.1. The van der Waals surface area contributed by atoms with Crippen molar-refractivity contribution < 1.29 is 0 Å². The van der Waals surface area contributed by atoms with Crippen molar-refractivity contribution in [2.24, 2.45) is 5.73 Å². The summed E-state index contributed by atoms with van der Waals surface area (Å²) in [5.74, 6) is 1.13. The Hall–Kier alpha value is -0.470. The molecule has 1 nitrogen and oxygen atoms in total. The standard InChI is InChI=1S/C17H25NS/c18-16(12-19-17-6-1-2-7-17)11-13-8-9-14-4-3-5-15(14)10-13/h8-10,16-17H,1-7,11-12,18H2. The number of hydrogen-bond acceptors (Lipinski definition) is 2. The van der Waals surface area contributed by atoms with Gasteiger partial charge in [0.05, 0.1) is 0 Å². The predicted molar refractivity (Wildman–Crippen MR) is 84.9 cm³/mol. The van der Waals surface area contributed by atoms with Crippen LogP contribution in [0.5, 0.6) is 0 Å². The molecule has 0 aliphatic heterocycles. The zero-order valence-electron chi connectivity index (χ0n) is 11.7. The summed E-state index contributed by atoms with van der Waals surface area (Å²) >= 11 is 2.11. The van der Waals surface area contributed by atoms with Gasteiger partial charge >= 0.3 is 0 Å². The number of thioether (sulfide) groups is 1. The molecular formula is C17H25NS. The Kier molecular flexibility index (Phi) is 4.49. The molecule has 19 heavy (non-hydrogen) atoms. The van der Waals surface area contributed by atoms with Crippen molar-refractivity contribution in [3.05, 3.63) is 34.9 Å². The SMILES string of the molecule is NC(CSC1CCCC1)Cc1ccc2c(c1)CCC2. The van der Waals surface area contributed by atoms with E-state index in [0.717, 1.165) is 17.4 Å². The quantitative estimate of drug-likeness (QED) is 0.886. The maximum absolute atomic E-state index is 6.31. The van der Waals surface area contributed by atoms with Gasteiger partial charge in [-0.25, -0.2) is 0 Å². The van der Waals surface area contributed by atoms with Crippen LogP contribution in [0.25, 0.3) is 0 Å². The lowest BCUT2D eigenvalue weighted by Gasteiger charge is -2.15. The molecule has 0 amide bonds. The zero-order valence-corrected chi connectivity index (χ0v) is 12.6. The Morgan fingerprint density at radius 1 is 1.11 bits per heavy atom. The second-order valence-corrected chi connectivity index (χ2v) is 7.49. The number of fused-ring (bicyclic) bond motifs is 1. The molecule has 2 aliphatic carbocycles. The molecule has 1 atom stereocenters. The maximum atomic E-state index is 6.31. The fourth-order valence-electron chi connectivity index (χ4n) is 3.43. The van der Waals surface area contributed by atoms with Crippen LogP contribution in [0, 0.1) is 0 Å². The third-order valence-electron chi connectivity index (χ3n) is 4.51. The molecule has 1 aromatic carbocycles. The van der Waals surface area contributed by atoms with E-state index in [2.05, 4.69) is 30.0 Å². The largest absolute Gasteiger partial charge is 0.327 e. The fraction of sp³-hybridized carbons (Fsp3) is 0.647. The van der Waals surface area contributed by atoms with Gasteiger partial charge in [0.15, 0.2) is 0 Å². The van der Waals surface area contributed by atoms with Crippen molar-refractivity contribution in [2.75, 3.05) is 5.75 Å². The summed E-state index contributed by atoms with van der Waals surface area (Å²) in [6.45, 7) is 0. The van der Waals surface area contributed by atoms with Gasteiger partial charge in [-0.2, -0.15) is 11.8 Å². The summed E-state index contributed by atoms with van der Waals surface area (Å²) in [5.41, 5.74) is 10.9. The molecule has 0 radical (unpaired) electrons. The molecule has 0 spiro atoms. The first-order valence-electron chi connectivity index (χ1n) is 7.79. The highest BCUT2D eigenvalue weighted by Gasteiger charge is 2.17. The molecule has 1 fully saturated rings. The molecule has 1 unspecified atom stereocenters. The van der Waals surface area contributed by atoms with Crippen LogP contribution < -0.4 is 5.73 Å². The Labute approximate surface area is 121 Å². The van der Waals surface area contributed by atoms with E-state index in [1.165, 1.54) is 50.5 Å². The highest BCUT2D eigenvalue weighted by atomic mass is 32.2. The first kappa shape index (κ1) is 13.5. The second-order valence-electron chi connectivity index (χ2n) is 6.16. The molecular weight excluding hydrogens is 250 g/mol. The monoisotopic (exact) mass is 275 g/mol. The van der Waals surface area contributed by atoms with Crippen molar-refractivity contribution >= 4 is 11.8 Å². The molecule has 0 aromatic heterocycles. The predicted octanol–water partition coefficient (Wildman–Crippen LogP) is 3.72. The summed E-state index contributed by atoms with van der Waals surface area (Å²) in [5, 5.41) is 0.895. The summed E-state index contributed by atoms with van der Waals surface area (Å²) in [7, 11) is 0. The molecule has 0 saturated heterocycles. The summed E-state index contributed by atoms with van der Waals surface area (Å²) in [4.78, 5) is 0. The third kappa shape index (κ3) is 3.55. The van der Waals surface area contributed by atoms with Gasteiger partial charge < -0.3 is 5.73 Å². The van der Waals surface area contributed by atoms with Crippen LogP contribution in [0.15, 0.2) is 18.2 Å². The second kappa shape index (κ2) is 6.32.